The minimum Gasteiger partial charge on any atom is -0.371 e. The van der Waals surface area contributed by atoms with Gasteiger partial charge in [0.25, 0.3) is 5.91 Å². The zero-order chi connectivity index (χ0) is 18.9. The highest BCUT2D eigenvalue weighted by atomic mass is 16.5. The van der Waals surface area contributed by atoms with Crippen molar-refractivity contribution in [3.05, 3.63) is 51.8 Å². The molecule has 2 aromatic heterocycles. The first-order valence-corrected chi connectivity index (χ1v) is 9.30. The van der Waals surface area contributed by atoms with E-state index in [0.717, 1.165) is 43.9 Å². The molecule has 1 spiro atoms. The number of H-pyrrole nitrogens is 1. The van der Waals surface area contributed by atoms with Gasteiger partial charge >= 0.3 is 0 Å². The molecule has 0 atom stereocenters. The molecule has 1 amide bonds. The maximum atomic E-state index is 12.8. The minimum absolute atomic E-state index is 0.144. The maximum absolute atomic E-state index is 12.8. The molecule has 2 fully saturated rings. The average molecular weight is 372 g/mol. The lowest BCUT2D eigenvalue weighted by Crippen LogP contribution is -2.58. The number of aromatic nitrogens is 2. The number of carbonyl (C=O) groups is 1. The topological polar surface area (TPSA) is 91.7 Å². The summed E-state index contributed by atoms with van der Waals surface area (Å²) in [5.74, 6) is 0.729. The number of ether oxygens (including phenoxy) is 1. The Morgan fingerprint density at radius 1 is 1.30 bits per heavy atom. The third kappa shape index (κ3) is 3.96. The quantitative estimate of drug-likeness (QED) is 0.870. The Morgan fingerprint density at radius 2 is 2.11 bits per heavy atom. The largest absolute Gasteiger partial charge is 0.371 e. The second-order valence-electron chi connectivity index (χ2n) is 7.40. The van der Waals surface area contributed by atoms with E-state index in [-0.39, 0.29) is 17.1 Å². The fourth-order valence-corrected chi connectivity index (χ4v) is 3.89. The van der Waals surface area contributed by atoms with Crippen LogP contribution < -0.4 is 5.56 Å². The predicted molar refractivity (Wildman–Crippen MR) is 97.4 cm³/mol. The van der Waals surface area contributed by atoms with Crippen molar-refractivity contribution in [2.24, 2.45) is 0 Å². The van der Waals surface area contributed by atoms with E-state index in [4.69, 9.17) is 9.26 Å². The molecule has 2 saturated heterocycles. The number of nitrogens with zero attached hydrogens (tertiary/aromatic N) is 3. The average Bonchev–Trinajstić information content (AvgIpc) is 3.08. The van der Waals surface area contributed by atoms with Gasteiger partial charge in [0, 0.05) is 31.8 Å². The summed E-state index contributed by atoms with van der Waals surface area (Å²) in [6.45, 7) is 6.03. The van der Waals surface area contributed by atoms with Gasteiger partial charge in [-0.25, -0.2) is 0 Å². The van der Waals surface area contributed by atoms with Crippen molar-refractivity contribution >= 4 is 5.91 Å². The number of rotatable bonds is 3. The molecule has 2 aliphatic heterocycles. The van der Waals surface area contributed by atoms with E-state index in [1.165, 1.54) is 6.07 Å². The molecule has 27 heavy (non-hydrogen) atoms. The number of nitrogens with one attached hydrogen (secondary N) is 1. The Hall–Kier alpha value is -2.45. The van der Waals surface area contributed by atoms with Gasteiger partial charge in [-0.1, -0.05) is 11.2 Å². The minimum atomic E-state index is -0.309. The number of aromatic amines is 1. The zero-order valence-electron chi connectivity index (χ0n) is 15.4. The first kappa shape index (κ1) is 17.9. The van der Waals surface area contributed by atoms with E-state index >= 15 is 0 Å². The van der Waals surface area contributed by atoms with E-state index in [9.17, 15) is 9.59 Å². The van der Waals surface area contributed by atoms with Gasteiger partial charge in [-0.2, -0.15) is 0 Å². The molecule has 8 heteroatoms. The molecule has 0 bridgehead atoms. The number of amides is 1. The number of hydrogen-bond acceptors (Lipinski definition) is 6. The van der Waals surface area contributed by atoms with Crippen LogP contribution in [0.1, 0.15) is 34.8 Å². The third-order valence-electron chi connectivity index (χ3n) is 5.36. The van der Waals surface area contributed by atoms with Gasteiger partial charge in [-0.05, 0) is 25.8 Å². The highest BCUT2D eigenvalue weighted by Gasteiger charge is 2.41. The standard InChI is InChI=1S/C19H24N4O4/c1-14-11-15(27-21-14)12-22-7-5-19(6-8-22)13-23(9-10-26-19)18(25)16-3-2-4-17(24)20-16/h2-4,11H,5-10,12-13H2,1H3,(H,20,24). The summed E-state index contributed by atoms with van der Waals surface area (Å²) in [5, 5.41) is 3.93. The number of piperidine rings is 1. The molecule has 0 saturated carbocycles. The van der Waals surface area contributed by atoms with Crippen molar-refractivity contribution in [2.45, 2.75) is 31.9 Å². The summed E-state index contributed by atoms with van der Waals surface area (Å²) in [6.07, 6.45) is 1.71. The fourth-order valence-electron chi connectivity index (χ4n) is 3.89. The lowest BCUT2D eigenvalue weighted by molar-refractivity contribution is -0.128. The fraction of sp³-hybridized carbons (Fsp3) is 0.526. The molecule has 0 unspecified atom stereocenters. The van der Waals surface area contributed by atoms with Crippen molar-refractivity contribution in [2.75, 3.05) is 32.8 Å². The summed E-state index contributed by atoms with van der Waals surface area (Å²) < 4.78 is 11.4. The number of morpholine rings is 1. The molecule has 2 aromatic rings. The third-order valence-corrected chi connectivity index (χ3v) is 5.36. The van der Waals surface area contributed by atoms with Gasteiger partial charge in [-0.3, -0.25) is 14.5 Å². The number of likely N-dealkylation sites (tertiary alicyclic amines) is 1. The summed E-state index contributed by atoms with van der Waals surface area (Å²) in [5.41, 5.74) is 0.649. The first-order chi connectivity index (χ1) is 13.0. The van der Waals surface area contributed by atoms with Gasteiger partial charge in [0.2, 0.25) is 5.56 Å². The molecule has 4 rings (SSSR count). The monoisotopic (exact) mass is 372 g/mol. The molecule has 1 N–H and O–H groups in total. The SMILES string of the molecule is Cc1cc(CN2CCC3(CC2)CN(C(=O)c2cccc(=O)[nH]2)CCO3)on1. The Morgan fingerprint density at radius 3 is 2.81 bits per heavy atom. The van der Waals surface area contributed by atoms with Gasteiger partial charge in [0.1, 0.15) is 5.69 Å². The second-order valence-corrected chi connectivity index (χ2v) is 7.40. The Kier molecular flexibility index (Phi) is 4.84. The molecule has 2 aliphatic rings. The highest BCUT2D eigenvalue weighted by Crippen LogP contribution is 2.31. The van der Waals surface area contributed by atoms with Crippen LogP contribution in [0.25, 0.3) is 0 Å². The zero-order valence-corrected chi connectivity index (χ0v) is 15.4. The normalized spacial score (nSPS) is 20.1. The predicted octanol–water partition coefficient (Wildman–Crippen LogP) is 1.18. The van der Waals surface area contributed by atoms with Crippen molar-refractivity contribution < 1.29 is 14.1 Å². The Balaban J connectivity index is 1.38. The van der Waals surface area contributed by atoms with Crippen LogP contribution in [0, 0.1) is 6.92 Å². The molecular weight excluding hydrogens is 348 g/mol. The molecule has 4 heterocycles. The van der Waals surface area contributed by atoms with Crippen LogP contribution in [0.3, 0.4) is 0 Å². The summed E-state index contributed by atoms with van der Waals surface area (Å²) >= 11 is 0. The van der Waals surface area contributed by atoms with Crippen LogP contribution in [0.5, 0.6) is 0 Å². The van der Waals surface area contributed by atoms with Crippen molar-refractivity contribution in [3.63, 3.8) is 0 Å². The molecular formula is C19H24N4O4. The van der Waals surface area contributed by atoms with Crippen molar-refractivity contribution in [3.8, 4) is 0 Å². The van der Waals surface area contributed by atoms with Crippen molar-refractivity contribution in [1.29, 1.82) is 0 Å². The van der Waals surface area contributed by atoms with E-state index in [0.29, 0.717) is 25.4 Å². The van der Waals surface area contributed by atoms with E-state index in [1.54, 1.807) is 17.0 Å². The van der Waals surface area contributed by atoms with Gasteiger partial charge in [-0.15, -0.1) is 0 Å². The lowest BCUT2D eigenvalue weighted by Gasteiger charge is -2.47. The van der Waals surface area contributed by atoms with Gasteiger partial charge < -0.3 is 19.1 Å². The summed E-state index contributed by atoms with van der Waals surface area (Å²) in [6, 6.07) is 6.62. The Bertz CT molecular complexity index is 866. The number of hydrogen-bond donors (Lipinski definition) is 1. The first-order valence-electron chi connectivity index (χ1n) is 9.30. The van der Waals surface area contributed by atoms with Gasteiger partial charge in [0.05, 0.1) is 31.0 Å². The Labute approximate surface area is 157 Å². The highest BCUT2D eigenvalue weighted by molar-refractivity contribution is 5.92. The maximum Gasteiger partial charge on any atom is 0.270 e. The number of aryl methyl sites for hydroxylation is 1. The lowest BCUT2D eigenvalue weighted by atomic mass is 9.89. The summed E-state index contributed by atoms with van der Waals surface area (Å²) in [7, 11) is 0. The van der Waals surface area contributed by atoms with Crippen LogP contribution in [-0.2, 0) is 11.3 Å². The number of pyridine rings is 1. The van der Waals surface area contributed by atoms with Crippen LogP contribution in [-0.4, -0.2) is 64.2 Å². The van der Waals surface area contributed by atoms with E-state index in [1.807, 2.05) is 13.0 Å². The van der Waals surface area contributed by atoms with Crippen LogP contribution in [0.15, 0.2) is 33.6 Å². The molecule has 0 aliphatic carbocycles. The molecule has 0 aromatic carbocycles. The van der Waals surface area contributed by atoms with Crippen LogP contribution in [0.2, 0.25) is 0 Å². The second kappa shape index (κ2) is 7.28. The van der Waals surface area contributed by atoms with E-state index < -0.39 is 0 Å². The number of carbonyl (C=O) groups excluding carboxylic acids is 1. The van der Waals surface area contributed by atoms with Crippen LogP contribution >= 0.6 is 0 Å². The molecule has 144 valence electrons. The smallest absolute Gasteiger partial charge is 0.270 e. The van der Waals surface area contributed by atoms with E-state index in [2.05, 4.69) is 15.0 Å². The van der Waals surface area contributed by atoms with Crippen molar-refractivity contribution in [1.82, 2.24) is 19.9 Å². The van der Waals surface area contributed by atoms with Gasteiger partial charge in [0.15, 0.2) is 5.76 Å². The molecule has 0 radical (unpaired) electrons. The molecule has 8 nitrogen and oxygen atoms in total. The van der Waals surface area contributed by atoms with Crippen LogP contribution in [0.4, 0.5) is 0 Å². The summed E-state index contributed by atoms with van der Waals surface area (Å²) in [4.78, 5) is 31.0.